The molecule has 0 atom stereocenters. The first-order chi connectivity index (χ1) is 14.9. The summed E-state index contributed by atoms with van der Waals surface area (Å²) in [6.45, 7) is 2.19. The number of nitrogens with one attached hydrogen (secondary N) is 2. The van der Waals surface area contributed by atoms with Crippen molar-refractivity contribution >= 4 is 32.0 Å². The molecule has 0 bridgehead atoms. The van der Waals surface area contributed by atoms with E-state index in [2.05, 4.69) is 9.68 Å². The van der Waals surface area contributed by atoms with Crippen molar-refractivity contribution in [2.24, 2.45) is 0 Å². The summed E-state index contributed by atoms with van der Waals surface area (Å²) in [7, 11) is -4.71. The summed E-state index contributed by atoms with van der Waals surface area (Å²) in [6.07, 6.45) is 0. The highest BCUT2D eigenvalue weighted by atomic mass is 32.2. The van der Waals surface area contributed by atoms with E-state index in [4.69, 9.17) is 9.47 Å². The average molecular weight is 491 g/mol. The van der Waals surface area contributed by atoms with Crippen molar-refractivity contribution in [3.05, 3.63) is 48.5 Å². The van der Waals surface area contributed by atoms with E-state index in [0.29, 0.717) is 11.5 Å². The smallest absolute Gasteiger partial charge is 0.323 e. The molecule has 0 unspecified atom stereocenters. The van der Waals surface area contributed by atoms with E-state index in [0.717, 1.165) is 13.8 Å². The van der Waals surface area contributed by atoms with E-state index >= 15 is 0 Å². The maximum Gasteiger partial charge on any atom is 0.323 e. The molecule has 14 heteroatoms. The average Bonchev–Trinajstić information content (AvgIpc) is 2.77. The molecule has 0 saturated carbocycles. The molecule has 2 aromatic carbocycles. The second-order valence-corrected chi connectivity index (χ2v) is 9.00. The van der Waals surface area contributed by atoms with Gasteiger partial charge in [0.2, 0.25) is 0 Å². The van der Waals surface area contributed by atoms with Crippen LogP contribution in [0.2, 0.25) is 0 Å². The summed E-state index contributed by atoms with van der Waals surface area (Å²) in [5, 5.41) is 0. The number of methoxy groups -OCH3 is 2. The minimum Gasteiger partial charge on any atom is -0.497 e. The van der Waals surface area contributed by atoms with Gasteiger partial charge in [-0.15, -0.1) is 0 Å². The van der Waals surface area contributed by atoms with Crippen LogP contribution in [0.15, 0.2) is 58.3 Å². The van der Waals surface area contributed by atoms with Gasteiger partial charge in [0.1, 0.15) is 11.5 Å². The molecule has 12 nitrogen and oxygen atoms in total. The third-order valence-electron chi connectivity index (χ3n) is 3.33. The summed E-state index contributed by atoms with van der Waals surface area (Å²) >= 11 is 0. The van der Waals surface area contributed by atoms with E-state index < -0.39 is 32.0 Å². The summed E-state index contributed by atoms with van der Waals surface area (Å²) in [5.41, 5.74) is 0. The fourth-order valence-electron chi connectivity index (χ4n) is 1.83. The molecule has 2 rings (SSSR count). The molecule has 0 fully saturated rings. The van der Waals surface area contributed by atoms with Crippen molar-refractivity contribution in [2.75, 3.05) is 14.2 Å². The summed E-state index contributed by atoms with van der Waals surface area (Å²) in [6, 6.07) is 11.3. The molecular formula is C18H22N2O10S2. The van der Waals surface area contributed by atoms with Crippen LogP contribution in [-0.2, 0) is 39.3 Å². The number of sulfonamides is 2. The number of hydrogen-bond acceptors (Lipinski definition) is 10. The fourth-order valence-corrected chi connectivity index (χ4v) is 3.47. The lowest BCUT2D eigenvalue weighted by Crippen LogP contribution is -2.26. The molecule has 2 aromatic rings. The van der Waals surface area contributed by atoms with Crippen molar-refractivity contribution in [3.8, 4) is 11.5 Å². The second kappa shape index (κ2) is 12.0. The highest BCUT2D eigenvalue weighted by Gasteiger charge is 2.16. The van der Waals surface area contributed by atoms with Crippen LogP contribution in [0.25, 0.3) is 0 Å². The Morgan fingerprint density at radius 3 is 1.12 bits per heavy atom. The molecule has 32 heavy (non-hydrogen) atoms. The number of rotatable bonds is 8. The zero-order valence-corrected chi connectivity index (χ0v) is 19.2. The van der Waals surface area contributed by atoms with Crippen molar-refractivity contribution in [1.29, 1.82) is 0 Å². The van der Waals surface area contributed by atoms with Gasteiger partial charge in [-0.1, -0.05) is 0 Å². The molecule has 0 aliphatic heterocycles. The van der Waals surface area contributed by atoms with Crippen molar-refractivity contribution in [3.63, 3.8) is 0 Å². The Kier molecular flexibility index (Phi) is 10.1. The zero-order valence-electron chi connectivity index (χ0n) is 17.5. The molecule has 2 N–H and O–H groups in total. The highest BCUT2D eigenvalue weighted by Crippen LogP contribution is 2.16. The van der Waals surface area contributed by atoms with Crippen molar-refractivity contribution < 1.29 is 45.6 Å². The Hall–Kier alpha value is -3.20. The summed E-state index contributed by atoms with van der Waals surface area (Å²) < 4.78 is 55.8. The molecule has 176 valence electrons. The normalized spacial score (nSPS) is 10.9. The summed E-state index contributed by atoms with van der Waals surface area (Å²) in [5.74, 6) is -0.410. The quantitative estimate of drug-likeness (QED) is 0.508. The Morgan fingerprint density at radius 1 is 0.625 bits per heavy atom. The number of benzene rings is 2. The molecule has 0 radical (unpaired) electrons. The molecule has 0 spiro atoms. The van der Waals surface area contributed by atoms with Gasteiger partial charge in [0.05, 0.1) is 24.0 Å². The van der Waals surface area contributed by atoms with E-state index in [-0.39, 0.29) is 9.79 Å². The molecule has 0 aliphatic carbocycles. The van der Waals surface area contributed by atoms with Gasteiger partial charge in [-0.3, -0.25) is 9.59 Å². The Balaban J connectivity index is 0.000000320. The topological polar surface area (TPSA) is 163 Å². The number of carbonyl (C=O) groups is 2. The van der Waals surface area contributed by atoms with Gasteiger partial charge < -0.3 is 19.1 Å². The van der Waals surface area contributed by atoms with Gasteiger partial charge >= 0.3 is 11.9 Å². The third kappa shape index (κ3) is 8.89. The van der Waals surface area contributed by atoms with Gasteiger partial charge in [-0.05, 0) is 58.3 Å². The molecule has 0 heterocycles. The minimum absolute atomic E-state index is 0.0189. The Labute approximate surface area is 185 Å². The number of hydrogen-bond donors (Lipinski definition) is 2. The first kappa shape index (κ1) is 26.8. The third-order valence-corrected chi connectivity index (χ3v) is 5.72. The van der Waals surface area contributed by atoms with Gasteiger partial charge in [0.25, 0.3) is 20.0 Å². The molecular weight excluding hydrogens is 468 g/mol. The first-order valence-electron chi connectivity index (χ1n) is 8.58. The van der Waals surface area contributed by atoms with E-state index in [9.17, 15) is 26.4 Å². The highest BCUT2D eigenvalue weighted by molar-refractivity contribution is 7.89. The van der Waals surface area contributed by atoms with Crippen LogP contribution < -0.4 is 19.2 Å². The standard InChI is InChI=1S/2C9H11NO5S/c2*1-7(11)15-10-16(12,13)9-5-3-8(14-2)4-6-9/h2*3-6,10H,1-2H3. The van der Waals surface area contributed by atoms with Crippen LogP contribution in [0.5, 0.6) is 11.5 Å². The van der Waals surface area contributed by atoms with Gasteiger partial charge in [-0.25, -0.2) is 16.8 Å². The summed E-state index contributed by atoms with van der Waals surface area (Å²) in [4.78, 5) is 32.7. The lowest BCUT2D eigenvalue weighted by molar-refractivity contribution is -0.145. The number of carbonyl (C=O) groups excluding carboxylic acids is 2. The van der Waals surface area contributed by atoms with Crippen LogP contribution in [0.4, 0.5) is 0 Å². The minimum atomic E-state index is -3.83. The molecule has 0 aliphatic rings. The predicted octanol–water partition coefficient (Wildman–Crippen LogP) is 0.903. The van der Waals surface area contributed by atoms with Crippen molar-refractivity contribution in [2.45, 2.75) is 23.6 Å². The maximum absolute atomic E-state index is 11.5. The maximum atomic E-state index is 11.5. The second-order valence-electron chi connectivity index (χ2n) is 5.71. The Morgan fingerprint density at radius 2 is 0.906 bits per heavy atom. The zero-order chi connectivity index (χ0) is 24.4. The van der Waals surface area contributed by atoms with Crippen LogP contribution in [0.1, 0.15) is 13.8 Å². The van der Waals surface area contributed by atoms with Gasteiger partial charge in [-0.2, -0.15) is 0 Å². The number of ether oxygens (including phenoxy) is 2. The largest absolute Gasteiger partial charge is 0.497 e. The van der Waals surface area contributed by atoms with Crippen LogP contribution in [-0.4, -0.2) is 43.0 Å². The fraction of sp³-hybridized carbons (Fsp3) is 0.222. The predicted molar refractivity (Wildman–Crippen MR) is 110 cm³/mol. The van der Waals surface area contributed by atoms with E-state index in [1.165, 1.54) is 62.8 Å². The van der Waals surface area contributed by atoms with Gasteiger partial charge in [0.15, 0.2) is 0 Å². The molecule has 0 saturated heterocycles. The first-order valence-corrected chi connectivity index (χ1v) is 11.5. The van der Waals surface area contributed by atoms with Crippen LogP contribution in [0, 0.1) is 0 Å². The SMILES string of the molecule is COc1ccc(S(=O)(=O)NOC(C)=O)cc1.COc1ccc(S(=O)(=O)NOC(C)=O)cc1. The Bertz CT molecular complexity index is 1020. The van der Waals surface area contributed by atoms with Crippen LogP contribution in [0.3, 0.4) is 0 Å². The van der Waals surface area contributed by atoms with E-state index in [1.54, 1.807) is 9.77 Å². The van der Waals surface area contributed by atoms with Gasteiger partial charge in [0, 0.05) is 13.8 Å². The monoisotopic (exact) mass is 490 g/mol. The molecule has 0 aromatic heterocycles. The lowest BCUT2D eigenvalue weighted by atomic mass is 10.3. The molecule has 0 amide bonds. The van der Waals surface area contributed by atoms with Crippen molar-refractivity contribution in [1.82, 2.24) is 9.77 Å². The van der Waals surface area contributed by atoms with E-state index in [1.807, 2.05) is 0 Å². The van der Waals surface area contributed by atoms with Crippen LogP contribution >= 0.6 is 0 Å². The lowest BCUT2D eigenvalue weighted by Gasteiger charge is -2.06.